The molecule has 0 bridgehead atoms. The molecule has 0 atom stereocenters. The average molecular weight is 264 g/mol. The summed E-state index contributed by atoms with van der Waals surface area (Å²) in [4.78, 5) is 13.2. The van der Waals surface area contributed by atoms with Gasteiger partial charge >= 0.3 is 0 Å². The highest BCUT2D eigenvalue weighted by Crippen LogP contribution is 2.34. The topological polar surface area (TPSA) is 38.7 Å². The van der Waals surface area contributed by atoms with Crippen LogP contribution >= 0.6 is 23.4 Å². The zero-order chi connectivity index (χ0) is 11.8. The van der Waals surface area contributed by atoms with Crippen molar-refractivity contribution >= 4 is 23.4 Å². The van der Waals surface area contributed by atoms with Crippen molar-refractivity contribution in [1.29, 1.82) is 0 Å². The molecule has 1 aliphatic rings. The van der Waals surface area contributed by atoms with E-state index >= 15 is 0 Å². The lowest BCUT2D eigenvalue weighted by atomic mass is 10.2. The zero-order valence-corrected chi connectivity index (χ0v) is 10.8. The number of aromatic nitrogens is 3. The summed E-state index contributed by atoms with van der Waals surface area (Å²) in [6, 6.07) is 3.91. The number of pyridine rings is 1. The maximum atomic E-state index is 6.18. The molecular formula is C12H10ClN3S. The highest BCUT2D eigenvalue weighted by Gasteiger charge is 2.20. The lowest BCUT2D eigenvalue weighted by molar-refractivity contribution is 1.05. The Balaban J connectivity index is 2.17. The first-order valence-electron chi connectivity index (χ1n) is 5.31. The molecule has 0 fully saturated rings. The van der Waals surface area contributed by atoms with Gasteiger partial charge in [0, 0.05) is 23.3 Å². The summed E-state index contributed by atoms with van der Waals surface area (Å²) in [6.45, 7) is 2.00. The van der Waals surface area contributed by atoms with E-state index in [9.17, 15) is 0 Å². The van der Waals surface area contributed by atoms with Gasteiger partial charge in [-0.1, -0.05) is 17.7 Å². The fourth-order valence-electron chi connectivity index (χ4n) is 1.84. The van der Waals surface area contributed by atoms with Crippen molar-refractivity contribution < 1.29 is 0 Å². The Morgan fingerprint density at radius 2 is 2.18 bits per heavy atom. The molecule has 1 aliphatic heterocycles. The molecule has 5 heteroatoms. The Bertz CT molecular complexity index is 586. The van der Waals surface area contributed by atoms with Crippen LogP contribution in [0.1, 0.15) is 16.8 Å². The van der Waals surface area contributed by atoms with Crippen LogP contribution in [0.25, 0.3) is 11.5 Å². The standard InChI is InChI=1S/C12H10ClN3S/c1-7-3-2-4-14-10(7)12-15-9-6-17-5-8(9)11(13)16-12/h2-4H,5-6H2,1H3. The van der Waals surface area contributed by atoms with Crippen LogP contribution in [-0.4, -0.2) is 15.0 Å². The van der Waals surface area contributed by atoms with Gasteiger partial charge in [-0.05, 0) is 18.6 Å². The maximum Gasteiger partial charge on any atom is 0.180 e. The van der Waals surface area contributed by atoms with Gasteiger partial charge in [0.05, 0.1) is 5.69 Å². The van der Waals surface area contributed by atoms with Gasteiger partial charge in [-0.15, -0.1) is 0 Å². The third-order valence-electron chi connectivity index (χ3n) is 2.75. The highest BCUT2D eigenvalue weighted by atomic mass is 35.5. The van der Waals surface area contributed by atoms with Gasteiger partial charge in [-0.3, -0.25) is 4.98 Å². The number of nitrogens with zero attached hydrogens (tertiary/aromatic N) is 3. The molecule has 0 spiro atoms. The van der Waals surface area contributed by atoms with Gasteiger partial charge in [0.2, 0.25) is 0 Å². The van der Waals surface area contributed by atoms with E-state index in [1.165, 1.54) is 0 Å². The monoisotopic (exact) mass is 263 g/mol. The largest absolute Gasteiger partial charge is 0.253 e. The van der Waals surface area contributed by atoms with Gasteiger partial charge in [-0.25, -0.2) is 9.97 Å². The van der Waals surface area contributed by atoms with Gasteiger partial charge < -0.3 is 0 Å². The lowest BCUT2D eigenvalue weighted by Gasteiger charge is -2.06. The Morgan fingerprint density at radius 3 is 3.00 bits per heavy atom. The third-order valence-corrected chi connectivity index (χ3v) is 4.03. The van der Waals surface area contributed by atoms with Crippen molar-refractivity contribution in [3.63, 3.8) is 0 Å². The summed E-state index contributed by atoms with van der Waals surface area (Å²) in [5.74, 6) is 2.46. The van der Waals surface area contributed by atoms with Crippen molar-refractivity contribution in [2.45, 2.75) is 18.4 Å². The second-order valence-corrected chi connectivity index (χ2v) is 5.27. The molecule has 0 radical (unpaired) electrons. The van der Waals surface area contributed by atoms with Gasteiger partial charge in [0.15, 0.2) is 5.82 Å². The van der Waals surface area contributed by atoms with Crippen molar-refractivity contribution in [3.8, 4) is 11.5 Å². The molecular weight excluding hydrogens is 254 g/mol. The molecule has 0 amide bonds. The Hall–Kier alpha value is -1.13. The van der Waals surface area contributed by atoms with Crippen LogP contribution in [0.5, 0.6) is 0 Å². The number of fused-ring (bicyclic) bond motifs is 1. The number of aryl methyl sites for hydroxylation is 1. The fourth-order valence-corrected chi connectivity index (χ4v) is 3.21. The Morgan fingerprint density at radius 1 is 1.29 bits per heavy atom. The number of halogens is 1. The van der Waals surface area contributed by atoms with E-state index in [0.717, 1.165) is 34.0 Å². The summed E-state index contributed by atoms with van der Waals surface area (Å²) in [5, 5.41) is 0.569. The Labute approximate surface area is 109 Å². The molecule has 0 unspecified atom stereocenters. The third kappa shape index (κ3) is 1.91. The van der Waals surface area contributed by atoms with Crippen LogP contribution < -0.4 is 0 Å². The van der Waals surface area contributed by atoms with Crippen LogP contribution in [0.2, 0.25) is 5.15 Å². The summed E-state index contributed by atoms with van der Waals surface area (Å²) in [6.07, 6.45) is 1.75. The van der Waals surface area contributed by atoms with E-state index in [2.05, 4.69) is 15.0 Å². The number of rotatable bonds is 1. The highest BCUT2D eigenvalue weighted by molar-refractivity contribution is 7.98. The molecule has 0 aromatic carbocycles. The minimum atomic E-state index is 0.569. The van der Waals surface area contributed by atoms with Gasteiger partial charge in [-0.2, -0.15) is 11.8 Å². The number of hydrogen-bond acceptors (Lipinski definition) is 4. The normalized spacial score (nSPS) is 13.8. The molecule has 0 N–H and O–H groups in total. The minimum absolute atomic E-state index is 0.569. The number of hydrogen-bond donors (Lipinski definition) is 0. The van der Waals surface area contributed by atoms with Crippen LogP contribution in [0.15, 0.2) is 18.3 Å². The van der Waals surface area contributed by atoms with E-state index in [0.29, 0.717) is 11.0 Å². The molecule has 3 nitrogen and oxygen atoms in total. The lowest BCUT2D eigenvalue weighted by Crippen LogP contribution is -2.00. The maximum absolute atomic E-state index is 6.18. The summed E-state index contributed by atoms with van der Waals surface area (Å²) in [7, 11) is 0. The first-order valence-corrected chi connectivity index (χ1v) is 6.84. The van der Waals surface area contributed by atoms with Crippen LogP contribution in [-0.2, 0) is 11.5 Å². The molecule has 0 aliphatic carbocycles. The SMILES string of the molecule is Cc1cccnc1-c1nc(Cl)c2c(n1)CSC2. The second kappa shape index (κ2) is 4.27. The van der Waals surface area contributed by atoms with Crippen molar-refractivity contribution in [2.24, 2.45) is 0 Å². The molecule has 3 rings (SSSR count). The van der Waals surface area contributed by atoms with E-state index in [-0.39, 0.29) is 0 Å². The molecule has 2 aromatic heterocycles. The first kappa shape index (κ1) is 11.0. The van der Waals surface area contributed by atoms with Gasteiger partial charge in [0.25, 0.3) is 0 Å². The average Bonchev–Trinajstić information content (AvgIpc) is 2.78. The minimum Gasteiger partial charge on any atom is -0.253 e. The molecule has 0 saturated heterocycles. The smallest absolute Gasteiger partial charge is 0.180 e. The molecule has 86 valence electrons. The predicted octanol–water partition coefficient (Wildman–Crippen LogP) is 3.25. The number of thioether (sulfide) groups is 1. The summed E-state index contributed by atoms with van der Waals surface area (Å²) >= 11 is 8.00. The predicted molar refractivity (Wildman–Crippen MR) is 70.0 cm³/mol. The molecule has 0 saturated carbocycles. The first-order chi connectivity index (χ1) is 8.25. The van der Waals surface area contributed by atoms with E-state index in [1.807, 2.05) is 30.8 Å². The van der Waals surface area contributed by atoms with Gasteiger partial charge in [0.1, 0.15) is 10.8 Å². The van der Waals surface area contributed by atoms with Crippen LogP contribution in [0.3, 0.4) is 0 Å². The van der Waals surface area contributed by atoms with Crippen LogP contribution in [0, 0.1) is 6.92 Å². The fraction of sp³-hybridized carbons (Fsp3) is 0.250. The summed E-state index contributed by atoms with van der Waals surface area (Å²) in [5.41, 5.74) is 4.01. The summed E-state index contributed by atoms with van der Waals surface area (Å²) < 4.78 is 0. The van der Waals surface area contributed by atoms with Crippen molar-refractivity contribution in [2.75, 3.05) is 0 Å². The molecule has 3 heterocycles. The quantitative estimate of drug-likeness (QED) is 0.741. The van der Waals surface area contributed by atoms with Crippen molar-refractivity contribution in [3.05, 3.63) is 40.3 Å². The second-order valence-electron chi connectivity index (χ2n) is 3.92. The van der Waals surface area contributed by atoms with Crippen LogP contribution in [0.4, 0.5) is 0 Å². The molecule has 17 heavy (non-hydrogen) atoms. The van der Waals surface area contributed by atoms with E-state index in [4.69, 9.17) is 11.6 Å². The Kier molecular flexibility index (Phi) is 2.76. The van der Waals surface area contributed by atoms with E-state index < -0.39 is 0 Å². The molecule has 2 aromatic rings. The van der Waals surface area contributed by atoms with E-state index in [1.54, 1.807) is 6.20 Å². The zero-order valence-electron chi connectivity index (χ0n) is 9.27. The van der Waals surface area contributed by atoms with Crippen molar-refractivity contribution in [1.82, 2.24) is 15.0 Å².